The van der Waals surface area contributed by atoms with Crippen molar-refractivity contribution < 1.29 is 4.74 Å². The lowest BCUT2D eigenvalue weighted by atomic mass is 9.71. The Bertz CT molecular complexity index is 261. The molecule has 4 saturated carbocycles. The zero-order valence-electron chi connectivity index (χ0n) is 7.86. The van der Waals surface area contributed by atoms with Gasteiger partial charge in [-0.15, -0.1) is 0 Å². The average Bonchev–Trinajstić information content (AvgIpc) is 2.60. The first-order chi connectivity index (χ1) is 6.43. The highest BCUT2D eigenvalue weighted by atomic mass is 16.6. The van der Waals surface area contributed by atoms with E-state index in [-0.39, 0.29) is 0 Å². The van der Waals surface area contributed by atoms with E-state index in [0.29, 0.717) is 0 Å². The first kappa shape index (κ1) is 6.44. The molecule has 13 heavy (non-hydrogen) atoms. The van der Waals surface area contributed by atoms with Gasteiger partial charge in [0.15, 0.2) is 0 Å². The second-order valence-electron chi connectivity index (χ2n) is 6.12. The molecule has 0 aromatic heterocycles. The van der Waals surface area contributed by atoms with E-state index in [1.807, 2.05) is 0 Å². The third-order valence-corrected chi connectivity index (χ3v) is 5.99. The maximum absolute atomic E-state index is 5.80. The van der Waals surface area contributed by atoms with Gasteiger partial charge in [-0.3, -0.25) is 0 Å². The summed E-state index contributed by atoms with van der Waals surface area (Å²) < 4.78 is 5.80. The minimum atomic E-state index is 0.755. The van der Waals surface area contributed by atoms with Gasteiger partial charge in [0.1, 0.15) is 0 Å². The van der Waals surface area contributed by atoms with Crippen LogP contribution in [0.5, 0.6) is 0 Å². The fourth-order valence-corrected chi connectivity index (χ4v) is 5.81. The standard InChI is InChI=1S/C12H16O/c1-2-6-3-5(1)9-7-4-8(10(6)9)12-11(7)13-12/h5-12H,1-4H2. The lowest BCUT2D eigenvalue weighted by Gasteiger charge is -2.32. The summed E-state index contributed by atoms with van der Waals surface area (Å²) in [6.07, 6.45) is 7.79. The first-order valence-electron chi connectivity index (χ1n) is 6.09. The quantitative estimate of drug-likeness (QED) is 0.406. The second kappa shape index (κ2) is 1.71. The van der Waals surface area contributed by atoms with Crippen LogP contribution in [0.15, 0.2) is 0 Å². The molecule has 0 amide bonds. The predicted molar refractivity (Wildman–Crippen MR) is 48.1 cm³/mol. The number of fused-ring (bicyclic) bond motifs is 12. The highest BCUT2D eigenvalue weighted by Crippen LogP contribution is 2.71. The van der Waals surface area contributed by atoms with Gasteiger partial charge in [0, 0.05) is 0 Å². The van der Waals surface area contributed by atoms with Gasteiger partial charge in [-0.05, 0) is 61.2 Å². The number of epoxide rings is 1. The Labute approximate surface area is 78.8 Å². The lowest BCUT2D eigenvalue weighted by molar-refractivity contribution is 0.165. The van der Waals surface area contributed by atoms with E-state index in [4.69, 9.17) is 4.74 Å². The summed E-state index contributed by atoms with van der Waals surface area (Å²) in [6.45, 7) is 0. The molecular formula is C12H16O. The maximum atomic E-state index is 5.80. The molecule has 1 aliphatic heterocycles. The molecule has 1 nitrogen and oxygen atoms in total. The molecule has 5 rings (SSSR count). The van der Waals surface area contributed by atoms with Gasteiger partial charge in [-0.1, -0.05) is 0 Å². The molecule has 0 aromatic rings. The van der Waals surface area contributed by atoms with Gasteiger partial charge in [0.2, 0.25) is 0 Å². The van der Waals surface area contributed by atoms with E-state index in [9.17, 15) is 0 Å². The smallest absolute Gasteiger partial charge is 0.0875 e. The van der Waals surface area contributed by atoms with Crippen LogP contribution in [0, 0.1) is 35.5 Å². The highest BCUT2D eigenvalue weighted by molar-refractivity contribution is 5.19. The molecule has 8 unspecified atom stereocenters. The number of rotatable bonds is 0. The molecule has 1 heterocycles. The van der Waals surface area contributed by atoms with Gasteiger partial charge < -0.3 is 4.74 Å². The minimum absolute atomic E-state index is 0.755. The van der Waals surface area contributed by atoms with Crippen LogP contribution < -0.4 is 0 Å². The van der Waals surface area contributed by atoms with Crippen LogP contribution in [0.25, 0.3) is 0 Å². The van der Waals surface area contributed by atoms with E-state index in [1.54, 1.807) is 25.7 Å². The van der Waals surface area contributed by atoms with E-state index in [0.717, 1.165) is 47.7 Å². The molecule has 1 heteroatoms. The van der Waals surface area contributed by atoms with Crippen molar-refractivity contribution in [3.05, 3.63) is 0 Å². The van der Waals surface area contributed by atoms with Crippen LogP contribution in [0.3, 0.4) is 0 Å². The van der Waals surface area contributed by atoms with Crippen LogP contribution in [0.2, 0.25) is 0 Å². The van der Waals surface area contributed by atoms with Crippen LogP contribution >= 0.6 is 0 Å². The molecule has 5 aliphatic rings. The number of ether oxygens (including phenoxy) is 1. The molecule has 0 radical (unpaired) electrons. The third kappa shape index (κ3) is 0.538. The summed E-state index contributed by atoms with van der Waals surface area (Å²) in [5.74, 6) is 6.58. The fourth-order valence-electron chi connectivity index (χ4n) is 5.81. The Kier molecular flexibility index (Phi) is 0.849. The molecule has 4 bridgehead atoms. The normalized spacial score (nSPS) is 75.7. The Morgan fingerprint density at radius 2 is 1.38 bits per heavy atom. The summed E-state index contributed by atoms with van der Waals surface area (Å²) in [5.41, 5.74) is 0. The molecule has 0 aromatic carbocycles. The Balaban J connectivity index is 1.65. The summed E-state index contributed by atoms with van der Waals surface area (Å²) in [5, 5.41) is 0. The van der Waals surface area contributed by atoms with Crippen LogP contribution in [0.1, 0.15) is 25.7 Å². The van der Waals surface area contributed by atoms with Crippen LogP contribution in [-0.2, 0) is 4.74 Å². The molecule has 0 spiro atoms. The molecule has 70 valence electrons. The summed E-state index contributed by atoms with van der Waals surface area (Å²) >= 11 is 0. The number of hydrogen-bond acceptors (Lipinski definition) is 1. The van der Waals surface area contributed by atoms with Gasteiger partial charge >= 0.3 is 0 Å². The lowest BCUT2D eigenvalue weighted by Crippen LogP contribution is -2.32. The summed E-state index contributed by atoms with van der Waals surface area (Å²) in [6, 6.07) is 0. The molecule has 4 aliphatic carbocycles. The van der Waals surface area contributed by atoms with E-state index >= 15 is 0 Å². The van der Waals surface area contributed by atoms with Crippen molar-refractivity contribution in [3.8, 4) is 0 Å². The monoisotopic (exact) mass is 176 g/mol. The molecule has 5 fully saturated rings. The zero-order valence-corrected chi connectivity index (χ0v) is 7.86. The van der Waals surface area contributed by atoms with Gasteiger partial charge in [-0.25, -0.2) is 0 Å². The van der Waals surface area contributed by atoms with Crippen molar-refractivity contribution in [3.63, 3.8) is 0 Å². The van der Waals surface area contributed by atoms with Crippen LogP contribution in [-0.4, -0.2) is 12.2 Å². The highest BCUT2D eigenvalue weighted by Gasteiger charge is 2.71. The largest absolute Gasteiger partial charge is 0.369 e. The predicted octanol–water partition coefficient (Wildman–Crippen LogP) is 2.07. The van der Waals surface area contributed by atoms with Crippen molar-refractivity contribution in [1.29, 1.82) is 0 Å². The van der Waals surface area contributed by atoms with E-state index < -0.39 is 0 Å². The van der Waals surface area contributed by atoms with Gasteiger partial charge in [-0.2, -0.15) is 0 Å². The van der Waals surface area contributed by atoms with Gasteiger partial charge in [0.25, 0.3) is 0 Å². The minimum Gasteiger partial charge on any atom is -0.369 e. The third-order valence-electron chi connectivity index (χ3n) is 5.99. The fraction of sp³-hybridized carbons (Fsp3) is 1.00. The van der Waals surface area contributed by atoms with Crippen LogP contribution in [0.4, 0.5) is 0 Å². The topological polar surface area (TPSA) is 12.5 Å². The Morgan fingerprint density at radius 3 is 2.00 bits per heavy atom. The van der Waals surface area contributed by atoms with Crippen molar-refractivity contribution in [2.45, 2.75) is 37.9 Å². The van der Waals surface area contributed by atoms with Crippen molar-refractivity contribution >= 4 is 0 Å². The first-order valence-corrected chi connectivity index (χ1v) is 6.09. The van der Waals surface area contributed by atoms with E-state index in [1.165, 1.54) is 0 Å². The molecule has 1 saturated heterocycles. The van der Waals surface area contributed by atoms with Crippen molar-refractivity contribution in [2.24, 2.45) is 35.5 Å². The van der Waals surface area contributed by atoms with Crippen molar-refractivity contribution in [1.82, 2.24) is 0 Å². The maximum Gasteiger partial charge on any atom is 0.0875 e. The zero-order chi connectivity index (χ0) is 8.15. The number of hydrogen-bond donors (Lipinski definition) is 0. The second-order valence-corrected chi connectivity index (χ2v) is 6.12. The average molecular weight is 176 g/mol. The van der Waals surface area contributed by atoms with Gasteiger partial charge in [0.05, 0.1) is 12.2 Å². The molecular weight excluding hydrogens is 160 g/mol. The van der Waals surface area contributed by atoms with E-state index in [2.05, 4.69) is 0 Å². The SMILES string of the molecule is C1CC2CC1C1C3CC(C4OC34)C21. The molecule has 0 N–H and O–H groups in total. The molecule has 8 atom stereocenters. The Hall–Kier alpha value is -0.0400. The summed E-state index contributed by atoms with van der Waals surface area (Å²) in [7, 11) is 0. The Morgan fingerprint density at radius 1 is 0.769 bits per heavy atom. The van der Waals surface area contributed by atoms with Crippen molar-refractivity contribution in [2.75, 3.05) is 0 Å². The summed E-state index contributed by atoms with van der Waals surface area (Å²) in [4.78, 5) is 0.